The van der Waals surface area contributed by atoms with Crippen LogP contribution in [0.25, 0.3) is 0 Å². The van der Waals surface area contributed by atoms with E-state index in [1.54, 1.807) is 0 Å². The summed E-state index contributed by atoms with van der Waals surface area (Å²) in [7, 11) is -5.75. The van der Waals surface area contributed by atoms with Crippen molar-refractivity contribution in [1.82, 2.24) is 0 Å². The Kier molecular flexibility index (Phi) is 3.01. The molecule has 88 valence electrons. The largest absolute Gasteiger partial charge is 0.465 e. The average Bonchev–Trinajstić information content (AvgIpc) is 2.75. The SMILES string of the molecule is CC1CC1COC(=O)C(F)(F)S(=O)(=O)O. The Hall–Kier alpha value is -0.760. The van der Waals surface area contributed by atoms with Gasteiger partial charge in [0.05, 0.1) is 6.61 Å². The quantitative estimate of drug-likeness (QED) is 0.580. The molecule has 0 aliphatic heterocycles. The maximum absolute atomic E-state index is 12.6. The second-order valence-corrected chi connectivity index (χ2v) is 5.03. The van der Waals surface area contributed by atoms with E-state index >= 15 is 0 Å². The molecular formula is C7H10F2O5S. The van der Waals surface area contributed by atoms with Gasteiger partial charge in [-0.1, -0.05) is 6.92 Å². The maximum Gasteiger partial charge on any atom is 0.465 e. The topological polar surface area (TPSA) is 80.7 Å². The van der Waals surface area contributed by atoms with Gasteiger partial charge in [0.25, 0.3) is 0 Å². The number of alkyl halides is 2. The average molecular weight is 244 g/mol. The summed E-state index contributed by atoms with van der Waals surface area (Å²) in [5.41, 5.74) is 0. The van der Waals surface area contributed by atoms with E-state index in [1.807, 2.05) is 6.92 Å². The van der Waals surface area contributed by atoms with Crippen LogP contribution in [0.5, 0.6) is 0 Å². The Morgan fingerprint density at radius 3 is 2.40 bits per heavy atom. The van der Waals surface area contributed by atoms with Crippen LogP contribution in [0.1, 0.15) is 13.3 Å². The summed E-state index contributed by atoms with van der Waals surface area (Å²) in [6, 6.07) is 0. The maximum atomic E-state index is 12.6. The molecule has 0 saturated heterocycles. The number of halogens is 2. The minimum atomic E-state index is -5.75. The lowest BCUT2D eigenvalue weighted by Gasteiger charge is -2.11. The fraction of sp³-hybridized carbons (Fsp3) is 0.857. The van der Waals surface area contributed by atoms with Crippen molar-refractivity contribution in [3.8, 4) is 0 Å². The molecule has 5 nitrogen and oxygen atoms in total. The minimum Gasteiger partial charge on any atom is -0.460 e. The minimum absolute atomic E-state index is 0.00569. The van der Waals surface area contributed by atoms with E-state index in [0.29, 0.717) is 0 Å². The van der Waals surface area contributed by atoms with Gasteiger partial charge in [-0.2, -0.15) is 17.2 Å². The molecule has 1 aliphatic carbocycles. The molecule has 0 radical (unpaired) electrons. The summed E-state index contributed by atoms with van der Waals surface area (Å²) in [5, 5.41) is -4.88. The fourth-order valence-corrected chi connectivity index (χ4v) is 1.27. The van der Waals surface area contributed by atoms with E-state index in [9.17, 15) is 22.0 Å². The predicted octanol–water partition coefficient (Wildman–Crippen LogP) is 0.666. The van der Waals surface area contributed by atoms with Gasteiger partial charge in [-0.05, 0) is 18.3 Å². The molecule has 0 spiro atoms. The second kappa shape index (κ2) is 3.67. The summed E-state index contributed by atoms with van der Waals surface area (Å²) in [5.74, 6) is -1.94. The second-order valence-electron chi connectivity index (χ2n) is 3.56. The van der Waals surface area contributed by atoms with Gasteiger partial charge in [-0.25, -0.2) is 4.79 Å². The Balaban J connectivity index is 2.53. The van der Waals surface area contributed by atoms with E-state index in [-0.39, 0.29) is 18.4 Å². The van der Waals surface area contributed by atoms with Crippen LogP contribution in [0.15, 0.2) is 0 Å². The zero-order valence-electron chi connectivity index (χ0n) is 7.81. The van der Waals surface area contributed by atoms with Crippen LogP contribution in [-0.4, -0.2) is 30.8 Å². The third-order valence-corrected chi connectivity index (χ3v) is 3.08. The van der Waals surface area contributed by atoms with Gasteiger partial charge >= 0.3 is 21.3 Å². The Morgan fingerprint density at radius 2 is 2.07 bits per heavy atom. The molecule has 1 N–H and O–H groups in total. The van der Waals surface area contributed by atoms with Gasteiger partial charge in [0.15, 0.2) is 0 Å². The van der Waals surface area contributed by atoms with Gasteiger partial charge < -0.3 is 4.74 Å². The van der Waals surface area contributed by atoms with Gasteiger partial charge in [-0.15, -0.1) is 0 Å². The number of carbonyl (C=O) groups is 1. The molecule has 0 amide bonds. The summed E-state index contributed by atoms with van der Waals surface area (Å²) in [6.45, 7) is 1.60. The van der Waals surface area contributed by atoms with Crippen molar-refractivity contribution >= 4 is 16.1 Å². The number of esters is 1. The molecule has 2 atom stereocenters. The third-order valence-electron chi connectivity index (χ3n) is 2.27. The van der Waals surface area contributed by atoms with Crippen LogP contribution < -0.4 is 0 Å². The van der Waals surface area contributed by atoms with Gasteiger partial charge in [-0.3, -0.25) is 4.55 Å². The third kappa shape index (κ3) is 2.63. The van der Waals surface area contributed by atoms with Crippen molar-refractivity contribution in [2.45, 2.75) is 18.6 Å². The summed E-state index contributed by atoms with van der Waals surface area (Å²) in [4.78, 5) is 10.6. The molecule has 1 rings (SSSR count). The Bertz CT molecular complexity index is 364. The lowest BCUT2D eigenvalue weighted by atomic mass is 10.4. The Morgan fingerprint density at radius 1 is 1.60 bits per heavy atom. The normalized spacial score (nSPS) is 26.1. The Labute approximate surface area is 85.2 Å². The summed E-state index contributed by atoms with van der Waals surface area (Å²) < 4.78 is 57.6. The van der Waals surface area contributed by atoms with Gasteiger partial charge in [0.1, 0.15) is 0 Å². The first kappa shape index (κ1) is 12.3. The number of hydrogen-bond acceptors (Lipinski definition) is 4. The van der Waals surface area contributed by atoms with Crippen molar-refractivity contribution in [2.75, 3.05) is 6.61 Å². The van der Waals surface area contributed by atoms with Crippen molar-refractivity contribution in [1.29, 1.82) is 0 Å². The summed E-state index contributed by atoms with van der Waals surface area (Å²) in [6.07, 6.45) is 0.755. The van der Waals surface area contributed by atoms with Gasteiger partial charge in [0, 0.05) is 0 Å². The van der Waals surface area contributed by atoms with Crippen molar-refractivity contribution in [3.05, 3.63) is 0 Å². The van der Waals surface area contributed by atoms with Crippen LogP contribution in [0.4, 0.5) is 8.78 Å². The first-order valence-corrected chi connectivity index (χ1v) is 5.62. The molecule has 0 bridgehead atoms. The predicted molar refractivity (Wildman–Crippen MR) is 44.7 cm³/mol. The molecule has 0 aromatic rings. The van der Waals surface area contributed by atoms with Crippen LogP contribution in [-0.2, 0) is 19.6 Å². The van der Waals surface area contributed by atoms with Crippen LogP contribution in [0.2, 0.25) is 0 Å². The van der Waals surface area contributed by atoms with Crippen LogP contribution >= 0.6 is 0 Å². The monoisotopic (exact) mass is 244 g/mol. The molecule has 15 heavy (non-hydrogen) atoms. The van der Waals surface area contributed by atoms with Crippen LogP contribution in [0, 0.1) is 11.8 Å². The molecule has 2 unspecified atom stereocenters. The standard InChI is InChI=1S/C7H10F2O5S/c1-4-2-5(4)3-14-6(10)7(8,9)15(11,12)13/h4-5H,2-3H2,1H3,(H,11,12,13). The van der Waals surface area contributed by atoms with E-state index in [0.717, 1.165) is 6.42 Å². The first-order valence-electron chi connectivity index (χ1n) is 4.18. The number of hydrogen-bond donors (Lipinski definition) is 1. The number of rotatable bonds is 4. The zero-order chi connectivity index (χ0) is 11.9. The molecule has 1 fully saturated rings. The van der Waals surface area contributed by atoms with Gasteiger partial charge in [0.2, 0.25) is 0 Å². The lowest BCUT2D eigenvalue weighted by molar-refractivity contribution is -0.162. The highest BCUT2D eigenvalue weighted by Gasteiger charge is 2.54. The van der Waals surface area contributed by atoms with Crippen molar-refractivity contribution in [2.24, 2.45) is 11.8 Å². The highest BCUT2D eigenvalue weighted by molar-refractivity contribution is 7.87. The number of ether oxygens (including phenoxy) is 1. The highest BCUT2D eigenvalue weighted by Crippen LogP contribution is 2.38. The van der Waals surface area contributed by atoms with Crippen molar-refractivity contribution in [3.63, 3.8) is 0 Å². The zero-order valence-corrected chi connectivity index (χ0v) is 8.63. The number of carbonyl (C=O) groups excluding carboxylic acids is 1. The first-order chi connectivity index (χ1) is 6.66. The molecule has 8 heteroatoms. The smallest absolute Gasteiger partial charge is 0.460 e. The van der Waals surface area contributed by atoms with Crippen LogP contribution in [0.3, 0.4) is 0 Å². The highest BCUT2D eigenvalue weighted by atomic mass is 32.2. The molecule has 0 aromatic carbocycles. The van der Waals surface area contributed by atoms with E-state index in [1.165, 1.54) is 0 Å². The molecule has 0 heterocycles. The van der Waals surface area contributed by atoms with E-state index < -0.39 is 21.3 Å². The molecule has 1 aliphatic rings. The molecular weight excluding hydrogens is 234 g/mol. The van der Waals surface area contributed by atoms with E-state index in [4.69, 9.17) is 4.55 Å². The summed E-state index contributed by atoms with van der Waals surface area (Å²) >= 11 is 0. The molecule has 1 saturated carbocycles. The lowest BCUT2D eigenvalue weighted by Crippen LogP contribution is -2.39. The van der Waals surface area contributed by atoms with Crippen molar-refractivity contribution < 1.29 is 31.3 Å². The fourth-order valence-electron chi connectivity index (χ4n) is 1.00. The van der Waals surface area contributed by atoms with E-state index in [2.05, 4.69) is 4.74 Å². The molecule has 0 aromatic heterocycles.